The van der Waals surface area contributed by atoms with Crippen molar-refractivity contribution in [3.63, 3.8) is 0 Å². The van der Waals surface area contributed by atoms with Crippen LogP contribution in [0.15, 0.2) is 0 Å². The zero-order valence-corrected chi connectivity index (χ0v) is 18.8. The molecular formula is C23H45N3O. The summed E-state index contributed by atoms with van der Waals surface area (Å²) in [4.78, 5) is 8.10. The minimum absolute atomic E-state index is 0.507. The average molecular weight is 380 g/mol. The van der Waals surface area contributed by atoms with Crippen molar-refractivity contribution >= 4 is 0 Å². The summed E-state index contributed by atoms with van der Waals surface area (Å²) in [5.41, 5.74) is -0.579. The van der Waals surface area contributed by atoms with Gasteiger partial charge < -0.3 is 5.11 Å². The van der Waals surface area contributed by atoms with Crippen LogP contribution < -0.4 is 0 Å². The first kappa shape index (κ1) is 21.5. The smallest absolute Gasteiger partial charge is 0.0607 e. The molecule has 0 bridgehead atoms. The van der Waals surface area contributed by atoms with E-state index in [0.29, 0.717) is 12.1 Å². The van der Waals surface area contributed by atoms with Crippen molar-refractivity contribution in [3.05, 3.63) is 0 Å². The predicted molar refractivity (Wildman–Crippen MR) is 114 cm³/mol. The van der Waals surface area contributed by atoms with Crippen molar-refractivity contribution in [3.8, 4) is 0 Å². The minimum atomic E-state index is -0.579. The fraction of sp³-hybridized carbons (Fsp3) is 1.00. The van der Waals surface area contributed by atoms with Crippen LogP contribution in [-0.4, -0.2) is 82.3 Å². The van der Waals surface area contributed by atoms with Gasteiger partial charge in [0.2, 0.25) is 0 Å². The molecule has 0 radical (unpaired) electrons. The number of aliphatic hydroxyl groups is 1. The lowest BCUT2D eigenvalue weighted by Crippen LogP contribution is -2.67. The number of nitrogens with zero attached hydrogens (tertiary/aromatic N) is 3. The first-order valence-corrected chi connectivity index (χ1v) is 11.6. The fourth-order valence-corrected chi connectivity index (χ4v) is 5.70. The highest BCUT2D eigenvalue weighted by molar-refractivity contribution is 4.97. The molecule has 0 aromatic heterocycles. The monoisotopic (exact) mass is 379 g/mol. The molecule has 1 saturated carbocycles. The van der Waals surface area contributed by atoms with Crippen LogP contribution in [0.2, 0.25) is 0 Å². The third-order valence-electron chi connectivity index (χ3n) is 7.59. The molecule has 2 aliphatic heterocycles. The first-order valence-electron chi connectivity index (χ1n) is 11.6. The quantitative estimate of drug-likeness (QED) is 0.766. The number of hydrogen-bond donors (Lipinski definition) is 1. The van der Waals surface area contributed by atoms with Gasteiger partial charge in [0.25, 0.3) is 0 Å². The third kappa shape index (κ3) is 5.46. The molecule has 3 aliphatic rings. The van der Waals surface area contributed by atoms with Crippen LogP contribution in [0.5, 0.6) is 0 Å². The van der Waals surface area contributed by atoms with Gasteiger partial charge in [-0.1, -0.05) is 13.8 Å². The molecule has 27 heavy (non-hydrogen) atoms. The maximum atomic E-state index is 10.6. The van der Waals surface area contributed by atoms with E-state index in [1.54, 1.807) is 0 Å². The van der Waals surface area contributed by atoms with E-state index in [1.165, 1.54) is 51.9 Å². The zero-order chi connectivity index (χ0) is 19.8. The van der Waals surface area contributed by atoms with Gasteiger partial charge in [-0.25, -0.2) is 0 Å². The minimum Gasteiger partial charge on any atom is -0.390 e. The summed E-state index contributed by atoms with van der Waals surface area (Å²) in [6.45, 7) is 19.4. The van der Waals surface area contributed by atoms with E-state index >= 15 is 0 Å². The Morgan fingerprint density at radius 1 is 0.889 bits per heavy atom. The first-order chi connectivity index (χ1) is 12.6. The summed E-state index contributed by atoms with van der Waals surface area (Å²) in [5, 5.41) is 10.6. The molecule has 0 amide bonds. The lowest BCUT2D eigenvalue weighted by Gasteiger charge is -2.54. The molecule has 0 aromatic carbocycles. The van der Waals surface area contributed by atoms with Crippen molar-refractivity contribution in [1.29, 1.82) is 0 Å². The van der Waals surface area contributed by atoms with E-state index in [9.17, 15) is 5.11 Å². The van der Waals surface area contributed by atoms with Gasteiger partial charge in [0.05, 0.1) is 5.60 Å². The molecule has 0 aromatic rings. The van der Waals surface area contributed by atoms with Gasteiger partial charge >= 0.3 is 0 Å². The Kier molecular flexibility index (Phi) is 6.93. The summed E-state index contributed by atoms with van der Waals surface area (Å²) in [6.07, 6.45) is 6.40. The van der Waals surface area contributed by atoms with Crippen LogP contribution >= 0.6 is 0 Å². The largest absolute Gasteiger partial charge is 0.390 e. The second-order valence-corrected chi connectivity index (χ2v) is 10.9. The Hall–Kier alpha value is -0.160. The Bertz CT molecular complexity index is 459. The van der Waals surface area contributed by atoms with Crippen molar-refractivity contribution in [2.45, 2.75) is 103 Å². The number of likely N-dealkylation sites (tertiary alicyclic amines) is 1. The second-order valence-electron chi connectivity index (χ2n) is 10.9. The standard InChI is InChI=1S/C23H45N3O/c1-17(2)19-7-9-20(10-8-19)26-12-11-24(14-21(26)13-23(5,6)27)22-15-25(16-22)18(3)4/h17-22,27H,7-16H2,1-6H3/t19?,20?,21-/m0/s1. The van der Waals surface area contributed by atoms with Gasteiger partial charge in [-0.3, -0.25) is 14.7 Å². The second kappa shape index (κ2) is 8.69. The zero-order valence-electron chi connectivity index (χ0n) is 18.8. The van der Waals surface area contributed by atoms with Gasteiger partial charge in [-0.05, 0) is 71.6 Å². The van der Waals surface area contributed by atoms with E-state index in [-0.39, 0.29) is 0 Å². The van der Waals surface area contributed by atoms with Crippen LogP contribution in [0.4, 0.5) is 0 Å². The molecule has 2 saturated heterocycles. The normalized spacial score (nSPS) is 33.0. The Balaban J connectivity index is 1.59. The molecule has 158 valence electrons. The fourth-order valence-electron chi connectivity index (χ4n) is 5.70. The van der Waals surface area contributed by atoms with Gasteiger partial charge in [0.1, 0.15) is 0 Å². The van der Waals surface area contributed by atoms with E-state index in [0.717, 1.165) is 36.9 Å². The van der Waals surface area contributed by atoms with E-state index in [2.05, 4.69) is 42.4 Å². The molecule has 3 rings (SSSR count). The van der Waals surface area contributed by atoms with Crippen molar-refractivity contribution in [2.24, 2.45) is 11.8 Å². The molecule has 1 aliphatic carbocycles. The van der Waals surface area contributed by atoms with Crippen LogP contribution in [0.25, 0.3) is 0 Å². The highest BCUT2D eigenvalue weighted by Gasteiger charge is 2.41. The summed E-state index contributed by atoms with van der Waals surface area (Å²) in [7, 11) is 0. The van der Waals surface area contributed by atoms with Crippen LogP contribution in [-0.2, 0) is 0 Å². The molecule has 4 heteroatoms. The third-order valence-corrected chi connectivity index (χ3v) is 7.59. The number of hydrogen-bond acceptors (Lipinski definition) is 4. The van der Waals surface area contributed by atoms with Crippen molar-refractivity contribution in [1.82, 2.24) is 14.7 Å². The average Bonchev–Trinajstić information content (AvgIpc) is 2.52. The number of piperazine rings is 1. The Morgan fingerprint density at radius 3 is 2.04 bits per heavy atom. The summed E-state index contributed by atoms with van der Waals surface area (Å²) in [6, 6.07) is 2.65. The SMILES string of the molecule is CC(C)C1CCC(N2CCN(C3CN(C(C)C)C3)C[C@@H]2CC(C)(C)O)CC1. The van der Waals surface area contributed by atoms with Crippen LogP contribution in [0.1, 0.15) is 73.6 Å². The topological polar surface area (TPSA) is 30.0 Å². The lowest BCUT2D eigenvalue weighted by atomic mass is 9.78. The maximum absolute atomic E-state index is 10.6. The predicted octanol–water partition coefficient (Wildman–Crippen LogP) is 3.44. The van der Waals surface area contributed by atoms with Crippen LogP contribution in [0, 0.1) is 11.8 Å². The van der Waals surface area contributed by atoms with Gasteiger partial charge in [-0.2, -0.15) is 0 Å². The number of rotatable bonds is 6. The van der Waals surface area contributed by atoms with Crippen LogP contribution in [0.3, 0.4) is 0 Å². The summed E-state index contributed by atoms with van der Waals surface area (Å²) in [5.74, 6) is 1.75. The molecule has 0 spiro atoms. The molecule has 4 nitrogen and oxygen atoms in total. The van der Waals surface area contributed by atoms with E-state index < -0.39 is 5.60 Å². The highest BCUT2D eigenvalue weighted by atomic mass is 16.3. The molecule has 2 heterocycles. The van der Waals surface area contributed by atoms with Crippen molar-refractivity contribution < 1.29 is 5.11 Å². The summed E-state index contributed by atoms with van der Waals surface area (Å²) < 4.78 is 0. The summed E-state index contributed by atoms with van der Waals surface area (Å²) >= 11 is 0. The van der Waals surface area contributed by atoms with Gasteiger partial charge in [-0.15, -0.1) is 0 Å². The molecule has 1 atom stereocenters. The lowest BCUT2D eigenvalue weighted by molar-refractivity contribution is -0.0635. The van der Waals surface area contributed by atoms with Gasteiger partial charge in [0, 0.05) is 56.9 Å². The molecule has 3 fully saturated rings. The maximum Gasteiger partial charge on any atom is 0.0607 e. The molecular weight excluding hydrogens is 334 g/mol. The molecule has 0 unspecified atom stereocenters. The van der Waals surface area contributed by atoms with Crippen molar-refractivity contribution in [2.75, 3.05) is 32.7 Å². The Morgan fingerprint density at radius 2 is 1.52 bits per heavy atom. The molecule has 1 N–H and O–H groups in total. The van der Waals surface area contributed by atoms with E-state index in [1.807, 2.05) is 13.8 Å². The Labute approximate surface area is 168 Å². The van der Waals surface area contributed by atoms with Gasteiger partial charge in [0.15, 0.2) is 0 Å². The highest BCUT2D eigenvalue weighted by Crippen LogP contribution is 2.35. The van der Waals surface area contributed by atoms with E-state index in [4.69, 9.17) is 0 Å².